The van der Waals surface area contributed by atoms with Crippen LogP contribution in [0.3, 0.4) is 0 Å². The molecule has 0 amide bonds. The molecule has 4 N–H and O–H groups in total. The zero-order chi connectivity index (χ0) is 27.3. The Kier molecular flexibility index (Phi) is 6.92. The highest BCUT2D eigenvalue weighted by Crippen LogP contribution is 2.57. The van der Waals surface area contributed by atoms with E-state index in [-0.39, 0.29) is 22.8 Å². The molecule has 12 nitrogen and oxygen atoms in total. The number of rotatable bonds is 8. The number of fused-ring (bicyclic) bond motifs is 2. The van der Waals surface area contributed by atoms with Crippen molar-refractivity contribution < 1.29 is 14.6 Å². The summed E-state index contributed by atoms with van der Waals surface area (Å²) in [6.45, 7) is 8.64. The van der Waals surface area contributed by atoms with E-state index in [1.165, 1.54) is 16.2 Å². The van der Waals surface area contributed by atoms with Crippen LogP contribution in [0.15, 0.2) is 0 Å². The molecule has 0 unspecified atom stereocenters. The number of nitrogens with zero attached hydrogens (tertiary/aromatic N) is 7. The molecule has 4 fully saturated rings. The van der Waals surface area contributed by atoms with Crippen molar-refractivity contribution >= 4 is 40.0 Å². The van der Waals surface area contributed by atoms with E-state index in [0.29, 0.717) is 61.3 Å². The topological polar surface area (TPSA) is 149 Å². The smallest absolute Gasteiger partial charge is 0.323 e. The summed E-state index contributed by atoms with van der Waals surface area (Å²) < 4.78 is 11.7. The van der Waals surface area contributed by atoms with Crippen LogP contribution >= 0.6 is 23.1 Å². The highest BCUT2D eigenvalue weighted by Gasteiger charge is 2.53. The second-order valence-electron chi connectivity index (χ2n) is 11.5. The minimum Gasteiger partial charge on any atom is -0.463 e. The van der Waals surface area contributed by atoms with E-state index in [1.807, 2.05) is 11.8 Å². The van der Waals surface area contributed by atoms with Crippen molar-refractivity contribution in [2.45, 2.75) is 29.4 Å². The van der Waals surface area contributed by atoms with Crippen LogP contribution in [0.4, 0.5) is 16.9 Å². The van der Waals surface area contributed by atoms with Crippen LogP contribution in [0, 0.1) is 16.7 Å². The number of nitrogens with one attached hydrogen (secondary N) is 1. The Labute approximate surface area is 241 Å². The monoisotopic (exact) mass is 585 g/mol. The predicted octanol–water partition coefficient (Wildman–Crippen LogP) is 0.611. The number of thiophene rings is 1. The van der Waals surface area contributed by atoms with Crippen molar-refractivity contribution in [2.75, 3.05) is 94.3 Å². The van der Waals surface area contributed by atoms with Gasteiger partial charge in [0.05, 0.1) is 42.8 Å². The number of hydrogen-bond donors (Lipinski definition) is 3. The third kappa shape index (κ3) is 4.76. The largest absolute Gasteiger partial charge is 0.463 e. The number of aliphatic hydroxyl groups excluding tert-OH is 1. The lowest BCUT2D eigenvalue weighted by Gasteiger charge is -2.48. The highest BCUT2D eigenvalue weighted by atomic mass is 32.2. The van der Waals surface area contributed by atoms with E-state index in [1.54, 1.807) is 0 Å². The summed E-state index contributed by atoms with van der Waals surface area (Å²) in [6, 6.07) is 2.56. The van der Waals surface area contributed by atoms with Crippen molar-refractivity contribution in [2.24, 2.45) is 5.41 Å². The van der Waals surface area contributed by atoms with Crippen molar-refractivity contribution in [3.05, 3.63) is 16.0 Å². The minimum absolute atomic E-state index is 0.00955. The molecule has 6 heterocycles. The SMILES string of the molecule is N#Cc1c(N)sc2c1C1(CN(c3nc(OCC4(CN5CCOCC5)CC4)nc(N4CCNC[C@H]4CO)n3)C1)SC2. The maximum absolute atomic E-state index is 10.0. The van der Waals surface area contributed by atoms with Gasteiger partial charge in [0.2, 0.25) is 11.9 Å². The number of nitrogens with two attached hydrogens (primary N) is 1. The fraction of sp³-hybridized carbons (Fsp3) is 0.692. The van der Waals surface area contributed by atoms with Crippen LogP contribution in [0.1, 0.15) is 28.8 Å². The summed E-state index contributed by atoms with van der Waals surface area (Å²) in [4.78, 5) is 22.3. The van der Waals surface area contributed by atoms with Crippen molar-refractivity contribution in [3.63, 3.8) is 0 Å². The molecule has 3 saturated heterocycles. The van der Waals surface area contributed by atoms with Gasteiger partial charge in [0.25, 0.3) is 0 Å². The second kappa shape index (κ2) is 10.5. The number of morpholine rings is 1. The Morgan fingerprint density at radius 2 is 1.98 bits per heavy atom. The van der Waals surface area contributed by atoms with Gasteiger partial charge in [0.1, 0.15) is 11.1 Å². The first-order chi connectivity index (χ1) is 19.5. The molecule has 1 saturated carbocycles. The normalized spacial score (nSPS) is 24.9. The summed E-state index contributed by atoms with van der Waals surface area (Å²) in [5.74, 6) is 1.99. The number of hydrogen-bond acceptors (Lipinski definition) is 14. The van der Waals surface area contributed by atoms with Gasteiger partial charge < -0.3 is 35.4 Å². The number of aromatic nitrogens is 3. The molecule has 14 heteroatoms. The van der Waals surface area contributed by atoms with Gasteiger partial charge in [-0.3, -0.25) is 4.90 Å². The number of nitrogen functional groups attached to an aromatic ring is 1. The lowest BCUT2D eigenvalue weighted by atomic mass is 9.88. The number of anilines is 3. The molecule has 2 aromatic rings. The fourth-order valence-corrected chi connectivity index (χ4v) is 9.07. The molecule has 214 valence electrons. The maximum atomic E-state index is 10.0. The van der Waals surface area contributed by atoms with E-state index < -0.39 is 0 Å². The van der Waals surface area contributed by atoms with E-state index in [2.05, 4.69) is 26.1 Å². The van der Waals surface area contributed by atoms with Gasteiger partial charge in [-0.1, -0.05) is 0 Å². The van der Waals surface area contributed by atoms with Gasteiger partial charge in [0, 0.05) is 74.0 Å². The number of piperazine rings is 1. The fourth-order valence-electron chi connectivity index (χ4n) is 6.26. The van der Waals surface area contributed by atoms with E-state index >= 15 is 0 Å². The molecule has 1 aliphatic carbocycles. The summed E-state index contributed by atoms with van der Waals surface area (Å²) in [5.41, 5.74) is 8.04. The minimum atomic E-state index is -0.165. The van der Waals surface area contributed by atoms with Crippen LogP contribution in [0.25, 0.3) is 0 Å². The number of aliphatic hydroxyl groups is 1. The molecule has 4 aliphatic heterocycles. The van der Waals surface area contributed by atoms with Crippen LogP contribution < -0.4 is 25.6 Å². The number of ether oxygens (including phenoxy) is 2. The molecule has 1 spiro atoms. The van der Waals surface area contributed by atoms with Crippen LogP contribution in [0.5, 0.6) is 6.01 Å². The Balaban J connectivity index is 1.12. The van der Waals surface area contributed by atoms with Crippen LogP contribution in [-0.2, 0) is 15.2 Å². The van der Waals surface area contributed by atoms with Crippen molar-refractivity contribution in [1.29, 1.82) is 5.26 Å². The van der Waals surface area contributed by atoms with E-state index in [0.717, 1.165) is 63.6 Å². The van der Waals surface area contributed by atoms with Gasteiger partial charge in [-0.05, 0) is 12.8 Å². The van der Waals surface area contributed by atoms with E-state index in [9.17, 15) is 10.4 Å². The first kappa shape index (κ1) is 26.5. The first-order valence-electron chi connectivity index (χ1n) is 14.0. The quantitative estimate of drug-likeness (QED) is 0.398. The van der Waals surface area contributed by atoms with Gasteiger partial charge in [-0.25, -0.2) is 0 Å². The third-order valence-electron chi connectivity index (χ3n) is 8.77. The van der Waals surface area contributed by atoms with Crippen LogP contribution in [0.2, 0.25) is 0 Å². The third-order valence-corrected chi connectivity index (χ3v) is 11.4. The first-order valence-corrected chi connectivity index (χ1v) is 15.8. The van der Waals surface area contributed by atoms with Crippen molar-refractivity contribution in [3.8, 4) is 12.1 Å². The predicted molar refractivity (Wildman–Crippen MR) is 154 cm³/mol. The standard InChI is InChI=1S/C26H35N9O3S2/c27-9-18-20-19(40-21(18)28)12-39-26(20)14-34(15-26)22-30-23(35-4-3-29-10-17(35)11-36)32-24(31-22)38-16-25(1-2-25)13-33-5-7-37-8-6-33/h17,29,36H,1-8,10-16,28H2/t17-/m0/s1. The summed E-state index contributed by atoms with van der Waals surface area (Å²) in [5, 5.41) is 23.8. The zero-order valence-electron chi connectivity index (χ0n) is 22.5. The second-order valence-corrected chi connectivity index (χ2v) is 14.0. The lowest BCUT2D eigenvalue weighted by molar-refractivity contribution is 0.0231. The van der Waals surface area contributed by atoms with Gasteiger partial charge in [0.15, 0.2) is 0 Å². The molecule has 7 rings (SSSR count). The van der Waals surface area contributed by atoms with Gasteiger partial charge in [-0.2, -0.15) is 20.2 Å². The Bertz CT molecular complexity index is 1300. The van der Waals surface area contributed by atoms with Gasteiger partial charge in [-0.15, -0.1) is 23.1 Å². The average molecular weight is 586 g/mol. The molecular formula is C26H35N9O3S2. The van der Waals surface area contributed by atoms with E-state index in [4.69, 9.17) is 30.2 Å². The molecule has 0 radical (unpaired) electrons. The molecule has 5 aliphatic rings. The zero-order valence-corrected chi connectivity index (χ0v) is 24.1. The summed E-state index contributed by atoms with van der Waals surface area (Å²) in [7, 11) is 0. The summed E-state index contributed by atoms with van der Waals surface area (Å²) >= 11 is 3.41. The molecule has 40 heavy (non-hydrogen) atoms. The van der Waals surface area contributed by atoms with Crippen LogP contribution in [-0.4, -0.2) is 110 Å². The Morgan fingerprint density at radius 1 is 1.18 bits per heavy atom. The average Bonchev–Trinajstić information content (AvgIpc) is 3.51. The number of thioether (sulfide) groups is 1. The Hall–Kier alpha value is -2.41. The molecule has 2 aromatic heterocycles. The molecular weight excluding hydrogens is 550 g/mol. The number of nitriles is 1. The van der Waals surface area contributed by atoms with Crippen molar-refractivity contribution in [1.82, 2.24) is 25.2 Å². The van der Waals surface area contributed by atoms with Gasteiger partial charge >= 0.3 is 6.01 Å². The lowest BCUT2D eigenvalue weighted by Crippen LogP contribution is -2.58. The Morgan fingerprint density at radius 3 is 2.73 bits per heavy atom. The molecule has 0 bridgehead atoms. The molecule has 0 aromatic carbocycles. The highest BCUT2D eigenvalue weighted by molar-refractivity contribution is 8.00. The maximum Gasteiger partial charge on any atom is 0.323 e. The molecule has 1 atom stereocenters. The summed E-state index contributed by atoms with van der Waals surface area (Å²) in [6.07, 6.45) is 2.28.